The van der Waals surface area contributed by atoms with Gasteiger partial charge in [0.15, 0.2) is 0 Å². The molecule has 0 saturated carbocycles. The van der Waals surface area contributed by atoms with Gasteiger partial charge in [0.2, 0.25) is 5.91 Å². The number of rotatable bonds is 4. The summed E-state index contributed by atoms with van der Waals surface area (Å²) in [7, 11) is 0. The molecule has 2 heterocycles. The number of carbonyl (C=O) groups is 2. The van der Waals surface area contributed by atoms with Crippen LogP contribution in [0.5, 0.6) is 0 Å². The fraction of sp³-hybridized carbons (Fsp3) is 0.278. The quantitative estimate of drug-likeness (QED) is 0.881. The highest BCUT2D eigenvalue weighted by molar-refractivity contribution is 7.14. The first-order valence-corrected chi connectivity index (χ1v) is 8.86. The Labute approximate surface area is 150 Å². The number of thiophene rings is 1. The van der Waals surface area contributed by atoms with Gasteiger partial charge in [0.25, 0.3) is 5.91 Å². The van der Waals surface area contributed by atoms with Gasteiger partial charge in [0.05, 0.1) is 11.6 Å². The molecule has 1 aromatic carbocycles. The maximum absolute atomic E-state index is 12.3. The maximum atomic E-state index is 12.3. The molecule has 1 aliphatic heterocycles. The molecule has 1 fully saturated rings. The molecule has 1 atom stereocenters. The molecule has 0 spiro atoms. The zero-order valence-electron chi connectivity index (χ0n) is 13.8. The van der Waals surface area contributed by atoms with E-state index in [1.165, 1.54) is 11.3 Å². The second-order valence-electron chi connectivity index (χ2n) is 5.86. The number of anilines is 1. The van der Waals surface area contributed by atoms with Crippen LogP contribution >= 0.6 is 11.3 Å². The first-order chi connectivity index (χ1) is 12.1. The zero-order valence-corrected chi connectivity index (χ0v) is 14.6. The van der Waals surface area contributed by atoms with Gasteiger partial charge in [-0.3, -0.25) is 14.5 Å². The lowest BCUT2D eigenvalue weighted by molar-refractivity contribution is -0.128. The zero-order chi connectivity index (χ0) is 17.8. The number of hydrogen-bond acceptors (Lipinski definition) is 5. The molecule has 1 saturated heterocycles. The summed E-state index contributed by atoms with van der Waals surface area (Å²) in [6, 6.07) is 10.9. The Bertz CT molecular complexity index is 822. The standard InChI is InChI=1S/C18H18N4O2S/c1-12-16(23)20-7-8-22(12)11-13-2-4-14(5-3-13)17(24)21-18-15(10-19)6-9-25-18/h2-6,9,12H,7-8,11H2,1H3,(H,20,23)(H,21,24)/t12-/m0/s1. The lowest BCUT2D eigenvalue weighted by Gasteiger charge is -2.32. The Kier molecular flexibility index (Phi) is 5.12. The van der Waals surface area contributed by atoms with E-state index < -0.39 is 0 Å². The summed E-state index contributed by atoms with van der Waals surface area (Å²) in [6.07, 6.45) is 0. The molecule has 0 unspecified atom stereocenters. The summed E-state index contributed by atoms with van der Waals surface area (Å²) < 4.78 is 0. The summed E-state index contributed by atoms with van der Waals surface area (Å²) in [5.41, 5.74) is 2.05. The number of amides is 2. The van der Waals surface area contributed by atoms with Crippen LogP contribution in [0.25, 0.3) is 0 Å². The Hall–Kier alpha value is -2.69. The van der Waals surface area contributed by atoms with Crippen LogP contribution in [0, 0.1) is 11.3 Å². The summed E-state index contributed by atoms with van der Waals surface area (Å²) in [4.78, 5) is 26.1. The molecule has 2 aromatic rings. The summed E-state index contributed by atoms with van der Waals surface area (Å²) in [5.74, 6) is -0.192. The fourth-order valence-corrected chi connectivity index (χ4v) is 3.44. The second kappa shape index (κ2) is 7.47. The van der Waals surface area contributed by atoms with Gasteiger partial charge in [-0.1, -0.05) is 12.1 Å². The molecule has 0 bridgehead atoms. The third kappa shape index (κ3) is 3.87. The minimum Gasteiger partial charge on any atom is -0.353 e. The van der Waals surface area contributed by atoms with Crippen LogP contribution in [0.1, 0.15) is 28.4 Å². The highest BCUT2D eigenvalue weighted by atomic mass is 32.1. The predicted octanol–water partition coefficient (Wildman–Crippen LogP) is 2.19. The summed E-state index contributed by atoms with van der Waals surface area (Å²) >= 11 is 1.33. The molecule has 25 heavy (non-hydrogen) atoms. The van der Waals surface area contributed by atoms with Crippen LogP contribution in [0.3, 0.4) is 0 Å². The molecule has 128 valence electrons. The average molecular weight is 354 g/mol. The molecule has 0 aliphatic carbocycles. The van der Waals surface area contributed by atoms with E-state index in [1.54, 1.807) is 23.6 Å². The lowest BCUT2D eigenvalue weighted by Crippen LogP contribution is -2.53. The monoisotopic (exact) mass is 354 g/mol. The Morgan fingerprint density at radius 3 is 2.88 bits per heavy atom. The predicted molar refractivity (Wildman–Crippen MR) is 96.3 cm³/mol. The van der Waals surface area contributed by atoms with Crippen molar-refractivity contribution in [1.29, 1.82) is 5.26 Å². The number of carbonyl (C=O) groups excluding carboxylic acids is 2. The van der Waals surface area contributed by atoms with Crippen molar-refractivity contribution in [2.75, 3.05) is 18.4 Å². The number of benzene rings is 1. The van der Waals surface area contributed by atoms with E-state index in [4.69, 9.17) is 5.26 Å². The molecule has 1 aliphatic rings. The van der Waals surface area contributed by atoms with Crippen LogP contribution in [-0.2, 0) is 11.3 Å². The van der Waals surface area contributed by atoms with Gasteiger partial charge in [-0.15, -0.1) is 11.3 Å². The van der Waals surface area contributed by atoms with E-state index in [9.17, 15) is 9.59 Å². The minimum absolute atomic E-state index is 0.0477. The van der Waals surface area contributed by atoms with Crippen molar-refractivity contribution in [3.8, 4) is 6.07 Å². The number of nitrogens with zero attached hydrogens (tertiary/aromatic N) is 2. The van der Waals surface area contributed by atoms with Crippen LogP contribution in [0.15, 0.2) is 35.7 Å². The maximum Gasteiger partial charge on any atom is 0.256 e. The first kappa shape index (κ1) is 17.1. The number of piperazine rings is 1. The molecule has 2 N–H and O–H groups in total. The van der Waals surface area contributed by atoms with Gasteiger partial charge in [0, 0.05) is 25.2 Å². The molecule has 0 radical (unpaired) electrons. The SMILES string of the molecule is C[C@H]1C(=O)NCCN1Cc1ccc(C(=O)Nc2sccc2C#N)cc1. The van der Waals surface area contributed by atoms with E-state index in [0.29, 0.717) is 29.2 Å². The number of hydrogen-bond donors (Lipinski definition) is 2. The largest absolute Gasteiger partial charge is 0.353 e. The van der Waals surface area contributed by atoms with Crippen molar-refractivity contribution in [3.63, 3.8) is 0 Å². The molecule has 3 rings (SSSR count). The highest BCUT2D eigenvalue weighted by Crippen LogP contribution is 2.23. The average Bonchev–Trinajstić information content (AvgIpc) is 3.06. The van der Waals surface area contributed by atoms with Gasteiger partial charge >= 0.3 is 0 Å². The van der Waals surface area contributed by atoms with Crippen molar-refractivity contribution < 1.29 is 9.59 Å². The van der Waals surface area contributed by atoms with Crippen molar-refractivity contribution in [3.05, 3.63) is 52.4 Å². The molecule has 2 amide bonds. The Morgan fingerprint density at radius 1 is 1.40 bits per heavy atom. The van der Waals surface area contributed by atoms with Crippen molar-refractivity contribution >= 4 is 28.2 Å². The second-order valence-corrected chi connectivity index (χ2v) is 6.78. The lowest BCUT2D eigenvalue weighted by atomic mass is 10.1. The van der Waals surface area contributed by atoms with Crippen LogP contribution < -0.4 is 10.6 Å². The third-order valence-electron chi connectivity index (χ3n) is 4.24. The van der Waals surface area contributed by atoms with Gasteiger partial charge in [-0.05, 0) is 36.1 Å². The molecule has 7 heteroatoms. The first-order valence-electron chi connectivity index (χ1n) is 7.98. The third-order valence-corrected chi connectivity index (χ3v) is 5.07. The van der Waals surface area contributed by atoms with Gasteiger partial charge < -0.3 is 10.6 Å². The van der Waals surface area contributed by atoms with Crippen LogP contribution in [0.4, 0.5) is 5.00 Å². The summed E-state index contributed by atoms with van der Waals surface area (Å²) in [5, 5.41) is 16.9. The van der Waals surface area contributed by atoms with E-state index in [2.05, 4.69) is 21.6 Å². The van der Waals surface area contributed by atoms with Crippen molar-refractivity contribution in [2.24, 2.45) is 0 Å². The minimum atomic E-state index is -0.240. The molecule has 6 nitrogen and oxygen atoms in total. The smallest absolute Gasteiger partial charge is 0.256 e. The fourth-order valence-electron chi connectivity index (χ4n) is 2.71. The molecular weight excluding hydrogens is 336 g/mol. The van der Waals surface area contributed by atoms with Crippen LogP contribution in [0.2, 0.25) is 0 Å². The summed E-state index contributed by atoms with van der Waals surface area (Å²) in [6.45, 7) is 4.03. The van der Waals surface area contributed by atoms with E-state index in [0.717, 1.165) is 12.1 Å². The Balaban J connectivity index is 1.65. The topological polar surface area (TPSA) is 85.2 Å². The van der Waals surface area contributed by atoms with E-state index >= 15 is 0 Å². The van der Waals surface area contributed by atoms with E-state index in [1.807, 2.05) is 19.1 Å². The van der Waals surface area contributed by atoms with Crippen molar-refractivity contribution in [2.45, 2.75) is 19.5 Å². The Morgan fingerprint density at radius 2 is 2.16 bits per heavy atom. The molecule has 1 aromatic heterocycles. The normalized spacial score (nSPS) is 17.6. The molecular formula is C18H18N4O2S. The van der Waals surface area contributed by atoms with Gasteiger partial charge in [-0.2, -0.15) is 5.26 Å². The highest BCUT2D eigenvalue weighted by Gasteiger charge is 2.25. The van der Waals surface area contributed by atoms with Crippen molar-refractivity contribution in [1.82, 2.24) is 10.2 Å². The number of nitrogens with one attached hydrogen (secondary N) is 2. The number of nitriles is 1. The van der Waals surface area contributed by atoms with E-state index in [-0.39, 0.29) is 17.9 Å². The van der Waals surface area contributed by atoms with Crippen LogP contribution in [-0.4, -0.2) is 35.8 Å². The van der Waals surface area contributed by atoms with Gasteiger partial charge in [-0.25, -0.2) is 0 Å². The van der Waals surface area contributed by atoms with Gasteiger partial charge in [0.1, 0.15) is 11.1 Å².